The number of unbranched alkanes of at least 4 members (excludes halogenated alkanes) is 6. The van der Waals surface area contributed by atoms with Crippen LogP contribution in [0.3, 0.4) is 0 Å². The molecule has 2 rings (SSSR count). The predicted octanol–water partition coefficient (Wildman–Crippen LogP) is 3.92. The fourth-order valence-corrected chi connectivity index (χ4v) is 2.94. The summed E-state index contributed by atoms with van der Waals surface area (Å²) < 4.78 is 0. The van der Waals surface area contributed by atoms with Gasteiger partial charge in [0.05, 0.1) is 10.3 Å². The number of hydrogen-bond acceptors (Lipinski definition) is 4. The van der Waals surface area contributed by atoms with Crippen molar-refractivity contribution in [3.63, 3.8) is 0 Å². The number of non-ortho nitro benzene ring substituents is 1. The van der Waals surface area contributed by atoms with Gasteiger partial charge in [-0.1, -0.05) is 51.5 Å². The number of pyridine rings is 1. The van der Waals surface area contributed by atoms with Crippen molar-refractivity contribution in [2.75, 3.05) is 6.54 Å². The maximum absolute atomic E-state index is 12.5. The molecule has 1 amide bonds. The van der Waals surface area contributed by atoms with E-state index in [0.717, 1.165) is 19.3 Å². The quantitative estimate of drug-likeness (QED) is 0.381. The maximum Gasteiger partial charge on any atom is 0.293 e. The van der Waals surface area contributed by atoms with E-state index in [2.05, 4.69) is 17.2 Å². The highest BCUT2D eigenvalue weighted by Gasteiger charge is 2.17. The van der Waals surface area contributed by atoms with Gasteiger partial charge in [-0.05, 0) is 12.5 Å². The number of aromatic nitrogens is 1. The zero-order chi connectivity index (χ0) is 18.9. The minimum atomic E-state index is -0.557. The number of hydrogen-bond donors (Lipinski definition) is 2. The Hall–Kier alpha value is -2.70. The van der Waals surface area contributed by atoms with Crippen LogP contribution in [0.4, 0.5) is 5.69 Å². The van der Waals surface area contributed by atoms with Crippen LogP contribution < -0.4 is 10.7 Å². The minimum absolute atomic E-state index is 0.0269. The summed E-state index contributed by atoms with van der Waals surface area (Å²) in [4.78, 5) is 37.9. The van der Waals surface area contributed by atoms with Crippen LogP contribution in [0.1, 0.15) is 62.2 Å². The first-order valence-electron chi connectivity index (χ1n) is 9.13. The van der Waals surface area contributed by atoms with Crippen molar-refractivity contribution >= 4 is 22.5 Å². The first kappa shape index (κ1) is 19.6. The molecule has 1 aromatic carbocycles. The number of carbonyl (C=O) groups is 1. The number of nitro groups is 1. The largest absolute Gasteiger partial charge is 0.355 e. The van der Waals surface area contributed by atoms with E-state index in [-0.39, 0.29) is 22.2 Å². The van der Waals surface area contributed by atoms with Gasteiger partial charge in [0.1, 0.15) is 11.1 Å². The molecule has 0 atom stereocenters. The zero-order valence-corrected chi connectivity index (χ0v) is 15.0. The van der Waals surface area contributed by atoms with Crippen LogP contribution in [0, 0.1) is 10.1 Å². The molecule has 0 aliphatic rings. The molecular formula is C19H25N3O4. The van der Waals surface area contributed by atoms with Gasteiger partial charge in [-0.25, -0.2) is 0 Å². The number of carbonyl (C=O) groups excluding carboxylic acids is 1. The van der Waals surface area contributed by atoms with Gasteiger partial charge in [-0.2, -0.15) is 0 Å². The van der Waals surface area contributed by atoms with Crippen LogP contribution in [-0.4, -0.2) is 22.4 Å². The van der Waals surface area contributed by atoms with Crippen molar-refractivity contribution < 1.29 is 9.72 Å². The predicted molar refractivity (Wildman–Crippen MR) is 102 cm³/mol. The number of fused-ring (bicyclic) bond motifs is 1. The molecule has 0 saturated heterocycles. The van der Waals surface area contributed by atoms with Gasteiger partial charge in [-0.15, -0.1) is 0 Å². The topological polar surface area (TPSA) is 105 Å². The Labute approximate surface area is 152 Å². The Balaban J connectivity index is 1.95. The smallest absolute Gasteiger partial charge is 0.293 e. The van der Waals surface area contributed by atoms with E-state index in [1.165, 1.54) is 50.1 Å². The van der Waals surface area contributed by atoms with Crippen LogP contribution in [0.5, 0.6) is 0 Å². The third-order valence-electron chi connectivity index (χ3n) is 4.40. The number of nitro benzene ring substituents is 1. The van der Waals surface area contributed by atoms with Gasteiger partial charge in [0.25, 0.3) is 11.6 Å². The number of nitrogens with zero attached hydrogens (tertiary/aromatic N) is 1. The summed E-state index contributed by atoms with van der Waals surface area (Å²) in [7, 11) is 0. The third-order valence-corrected chi connectivity index (χ3v) is 4.40. The lowest BCUT2D eigenvalue weighted by Crippen LogP contribution is -2.29. The molecule has 0 fully saturated rings. The van der Waals surface area contributed by atoms with Crippen LogP contribution in [-0.2, 0) is 0 Å². The molecule has 0 unspecified atom stereocenters. The molecule has 0 bridgehead atoms. The van der Waals surface area contributed by atoms with Crippen molar-refractivity contribution in [3.8, 4) is 0 Å². The Bertz CT molecular complexity index is 829. The van der Waals surface area contributed by atoms with Crippen molar-refractivity contribution in [2.24, 2.45) is 0 Å². The number of H-pyrrole nitrogens is 1. The van der Waals surface area contributed by atoms with E-state index < -0.39 is 16.3 Å². The summed E-state index contributed by atoms with van der Waals surface area (Å²) in [5.41, 5.74) is -0.582. The average Bonchev–Trinajstić information content (AvgIpc) is 2.63. The summed E-state index contributed by atoms with van der Waals surface area (Å²) in [5.74, 6) is -0.453. The molecule has 0 saturated carbocycles. The highest BCUT2D eigenvalue weighted by molar-refractivity contribution is 5.98. The number of nitrogens with one attached hydrogen (secondary N) is 2. The molecular weight excluding hydrogens is 334 g/mol. The molecule has 0 aliphatic carbocycles. The zero-order valence-electron chi connectivity index (χ0n) is 15.0. The maximum atomic E-state index is 12.5. The number of amides is 1. The fourth-order valence-electron chi connectivity index (χ4n) is 2.94. The van der Waals surface area contributed by atoms with Gasteiger partial charge in [0.15, 0.2) is 0 Å². The summed E-state index contributed by atoms with van der Waals surface area (Å²) >= 11 is 0. The average molecular weight is 359 g/mol. The van der Waals surface area contributed by atoms with E-state index in [9.17, 15) is 19.7 Å². The highest BCUT2D eigenvalue weighted by atomic mass is 16.6. The monoisotopic (exact) mass is 359 g/mol. The lowest BCUT2D eigenvalue weighted by Gasteiger charge is -2.06. The number of aromatic amines is 1. The third kappa shape index (κ3) is 4.91. The molecule has 2 N–H and O–H groups in total. The molecule has 1 heterocycles. The summed E-state index contributed by atoms with van der Waals surface area (Å²) in [6.45, 7) is 2.70. The van der Waals surface area contributed by atoms with Crippen molar-refractivity contribution in [3.05, 3.63) is 50.3 Å². The van der Waals surface area contributed by atoms with Gasteiger partial charge < -0.3 is 10.3 Å². The van der Waals surface area contributed by atoms with Crippen molar-refractivity contribution in [1.29, 1.82) is 0 Å². The second-order valence-electron chi connectivity index (χ2n) is 6.37. The lowest BCUT2D eigenvalue weighted by atomic mass is 10.1. The van der Waals surface area contributed by atoms with Crippen LogP contribution in [0.2, 0.25) is 0 Å². The summed E-state index contributed by atoms with van der Waals surface area (Å²) in [6.07, 6.45) is 9.26. The molecule has 0 spiro atoms. The number of benzene rings is 1. The highest BCUT2D eigenvalue weighted by Crippen LogP contribution is 2.21. The van der Waals surface area contributed by atoms with Gasteiger partial charge in [-0.3, -0.25) is 19.7 Å². The van der Waals surface area contributed by atoms with E-state index in [1.807, 2.05) is 0 Å². The Morgan fingerprint density at radius 3 is 2.54 bits per heavy atom. The van der Waals surface area contributed by atoms with Crippen LogP contribution in [0.15, 0.2) is 29.2 Å². The fraction of sp³-hybridized carbons (Fsp3) is 0.474. The molecule has 7 heteroatoms. The Kier molecular flexibility index (Phi) is 7.32. The van der Waals surface area contributed by atoms with Gasteiger partial charge in [0, 0.05) is 18.8 Å². The summed E-state index contributed by atoms with van der Waals surface area (Å²) in [6, 6.07) is 4.24. The molecule has 26 heavy (non-hydrogen) atoms. The molecule has 0 radical (unpaired) electrons. The standard InChI is InChI=1S/C19H25N3O4/c1-2-3-4-5-6-7-8-12-20-19(24)15-13-21-17-14(18(15)23)10-9-11-16(17)22(25)26/h9-11,13H,2-8,12H2,1H3,(H,20,24)(H,21,23). The number of para-hydroxylation sites is 1. The first-order chi connectivity index (χ1) is 12.6. The van der Waals surface area contributed by atoms with E-state index in [4.69, 9.17) is 0 Å². The van der Waals surface area contributed by atoms with E-state index in [1.54, 1.807) is 0 Å². The summed E-state index contributed by atoms with van der Waals surface area (Å²) in [5, 5.41) is 13.9. The second-order valence-corrected chi connectivity index (χ2v) is 6.37. The molecule has 1 aromatic heterocycles. The molecule has 140 valence electrons. The number of rotatable bonds is 10. The van der Waals surface area contributed by atoms with Crippen LogP contribution in [0.25, 0.3) is 10.9 Å². The van der Waals surface area contributed by atoms with Gasteiger partial charge in [0.2, 0.25) is 5.43 Å². The molecule has 0 aliphatic heterocycles. The van der Waals surface area contributed by atoms with E-state index in [0.29, 0.717) is 6.54 Å². The van der Waals surface area contributed by atoms with Crippen molar-refractivity contribution in [1.82, 2.24) is 10.3 Å². The van der Waals surface area contributed by atoms with E-state index >= 15 is 0 Å². The SMILES string of the molecule is CCCCCCCCCNC(=O)c1c[nH]c2c([N+](=O)[O-])cccc2c1=O. The van der Waals surface area contributed by atoms with Crippen molar-refractivity contribution in [2.45, 2.75) is 51.9 Å². The van der Waals surface area contributed by atoms with Gasteiger partial charge >= 0.3 is 0 Å². The first-order valence-corrected chi connectivity index (χ1v) is 9.13. The minimum Gasteiger partial charge on any atom is -0.355 e. The Morgan fingerprint density at radius 1 is 1.15 bits per heavy atom. The second kappa shape index (κ2) is 9.70. The molecule has 2 aromatic rings. The molecule has 7 nitrogen and oxygen atoms in total. The Morgan fingerprint density at radius 2 is 1.85 bits per heavy atom. The lowest BCUT2D eigenvalue weighted by molar-refractivity contribution is -0.383. The normalized spacial score (nSPS) is 10.8. The van der Waals surface area contributed by atoms with Crippen LogP contribution >= 0.6 is 0 Å².